The van der Waals surface area contributed by atoms with Crippen molar-refractivity contribution >= 4 is 22.5 Å². The highest BCUT2D eigenvalue weighted by Crippen LogP contribution is 2.26. The van der Waals surface area contributed by atoms with Crippen LogP contribution in [0.5, 0.6) is 0 Å². The third-order valence-corrected chi connectivity index (χ3v) is 4.03. The molecule has 0 aliphatic heterocycles. The van der Waals surface area contributed by atoms with Crippen LogP contribution in [0.4, 0.5) is 5.82 Å². The zero-order valence-electron chi connectivity index (χ0n) is 13.8. The van der Waals surface area contributed by atoms with E-state index in [2.05, 4.69) is 16.4 Å². The van der Waals surface area contributed by atoms with Gasteiger partial charge in [-0.15, -0.1) is 0 Å². The number of nitrogens with zero attached hydrogens (tertiary/aromatic N) is 3. The second kappa shape index (κ2) is 6.87. The summed E-state index contributed by atoms with van der Waals surface area (Å²) in [5.41, 5.74) is 3.90. The molecule has 2 heterocycles. The first-order chi connectivity index (χ1) is 11.7. The van der Waals surface area contributed by atoms with Crippen molar-refractivity contribution in [1.29, 1.82) is 5.26 Å². The fraction of sp³-hybridized carbons (Fsp3) is 0.333. The summed E-state index contributed by atoms with van der Waals surface area (Å²) in [7, 11) is 1.57. The van der Waals surface area contributed by atoms with Crippen LogP contribution in [0.1, 0.15) is 17.5 Å². The first-order valence-electron chi connectivity index (χ1n) is 7.87. The summed E-state index contributed by atoms with van der Waals surface area (Å²) in [6, 6.07) is 12.0. The molecule has 1 unspecified atom stereocenters. The van der Waals surface area contributed by atoms with Gasteiger partial charge < -0.3 is 15.2 Å². The van der Waals surface area contributed by atoms with Crippen LogP contribution in [0.3, 0.4) is 0 Å². The summed E-state index contributed by atoms with van der Waals surface area (Å²) in [6.45, 7) is 2.82. The van der Waals surface area contributed by atoms with Crippen molar-refractivity contribution in [3.05, 3.63) is 41.5 Å². The zero-order valence-corrected chi connectivity index (χ0v) is 13.8. The van der Waals surface area contributed by atoms with Crippen molar-refractivity contribution in [1.82, 2.24) is 9.38 Å². The van der Waals surface area contributed by atoms with E-state index in [1.54, 1.807) is 7.11 Å². The maximum absolute atomic E-state index is 9.78. The van der Waals surface area contributed by atoms with E-state index in [1.807, 2.05) is 41.7 Å². The van der Waals surface area contributed by atoms with Gasteiger partial charge in [-0.2, -0.15) is 5.26 Å². The zero-order chi connectivity index (χ0) is 17.1. The number of benzene rings is 1. The van der Waals surface area contributed by atoms with E-state index >= 15 is 0 Å². The average Bonchev–Trinajstić information content (AvgIpc) is 2.94. The molecule has 0 saturated heterocycles. The van der Waals surface area contributed by atoms with Gasteiger partial charge in [-0.25, -0.2) is 4.98 Å². The molecule has 0 bridgehead atoms. The molecule has 6 nitrogen and oxygen atoms in total. The van der Waals surface area contributed by atoms with Crippen molar-refractivity contribution in [2.75, 3.05) is 25.6 Å². The summed E-state index contributed by atoms with van der Waals surface area (Å²) in [4.78, 5) is 4.61. The number of para-hydroxylation sites is 2. The number of methoxy groups -OCH3 is 1. The highest BCUT2D eigenvalue weighted by Gasteiger charge is 2.15. The molecule has 0 spiro atoms. The van der Waals surface area contributed by atoms with Crippen molar-refractivity contribution in [3.8, 4) is 6.07 Å². The number of nitriles is 1. The molecule has 2 N–H and O–H groups in total. The number of fused-ring (bicyclic) bond motifs is 3. The van der Waals surface area contributed by atoms with Gasteiger partial charge in [-0.3, -0.25) is 4.40 Å². The van der Waals surface area contributed by atoms with Crippen LogP contribution in [-0.4, -0.2) is 40.9 Å². The number of anilines is 1. The molecular formula is C18H20N4O2. The number of hydrogen-bond donors (Lipinski definition) is 2. The Morgan fingerprint density at radius 1 is 1.42 bits per heavy atom. The lowest BCUT2D eigenvalue weighted by atomic mass is 10.1. The smallest absolute Gasteiger partial charge is 0.157 e. The summed E-state index contributed by atoms with van der Waals surface area (Å²) in [5.74, 6) is 0.861. The molecule has 6 heteroatoms. The number of rotatable bonds is 6. The fourth-order valence-electron chi connectivity index (χ4n) is 2.87. The fourth-order valence-corrected chi connectivity index (χ4v) is 2.87. The number of aryl methyl sites for hydroxylation is 1. The lowest BCUT2D eigenvalue weighted by Gasteiger charge is -2.14. The largest absolute Gasteiger partial charge is 0.391 e. The Morgan fingerprint density at radius 3 is 2.96 bits per heavy atom. The normalized spacial score (nSPS) is 12.4. The van der Waals surface area contributed by atoms with Crippen LogP contribution >= 0.6 is 0 Å². The van der Waals surface area contributed by atoms with E-state index in [4.69, 9.17) is 4.74 Å². The molecule has 0 radical (unpaired) electrons. The Labute approximate surface area is 140 Å². The minimum atomic E-state index is -0.503. The molecular weight excluding hydrogens is 304 g/mol. The molecule has 2 aromatic heterocycles. The van der Waals surface area contributed by atoms with Crippen LogP contribution in [0.25, 0.3) is 16.7 Å². The standard InChI is InChI=1S/C18H20N4O2/c1-12-9-17(20-8-7-13(23)11-24-2)22-16-6-4-3-5-15(16)21-18(22)14(12)10-19/h3-6,9,13,20,23H,7-8,11H2,1-2H3. The number of imidazole rings is 1. The average molecular weight is 324 g/mol. The Kier molecular flexibility index (Phi) is 4.65. The van der Waals surface area contributed by atoms with E-state index < -0.39 is 6.10 Å². The van der Waals surface area contributed by atoms with Crippen LogP contribution in [0.2, 0.25) is 0 Å². The minimum absolute atomic E-state index is 0.317. The minimum Gasteiger partial charge on any atom is -0.391 e. The molecule has 3 rings (SSSR count). The van der Waals surface area contributed by atoms with Gasteiger partial charge in [0.1, 0.15) is 11.9 Å². The molecule has 0 aliphatic carbocycles. The third-order valence-electron chi connectivity index (χ3n) is 4.03. The van der Waals surface area contributed by atoms with Crippen molar-refractivity contribution < 1.29 is 9.84 Å². The van der Waals surface area contributed by atoms with Gasteiger partial charge in [0.2, 0.25) is 0 Å². The number of hydrogen-bond acceptors (Lipinski definition) is 5. The van der Waals surface area contributed by atoms with Gasteiger partial charge in [0.15, 0.2) is 5.65 Å². The number of ether oxygens (including phenoxy) is 1. The lowest BCUT2D eigenvalue weighted by Crippen LogP contribution is -2.19. The van der Waals surface area contributed by atoms with Crippen LogP contribution in [0.15, 0.2) is 30.3 Å². The number of pyridine rings is 1. The number of aromatic nitrogens is 2. The molecule has 0 aliphatic rings. The number of aliphatic hydroxyl groups is 1. The van der Waals surface area contributed by atoms with E-state index in [0.29, 0.717) is 30.8 Å². The third kappa shape index (κ3) is 2.92. The summed E-state index contributed by atoms with van der Waals surface area (Å²) >= 11 is 0. The van der Waals surface area contributed by atoms with Crippen LogP contribution < -0.4 is 5.32 Å². The van der Waals surface area contributed by atoms with Gasteiger partial charge >= 0.3 is 0 Å². The van der Waals surface area contributed by atoms with Crippen LogP contribution in [0, 0.1) is 18.3 Å². The maximum atomic E-state index is 9.78. The second-order valence-corrected chi connectivity index (χ2v) is 5.78. The topological polar surface area (TPSA) is 82.6 Å². The quantitative estimate of drug-likeness (QED) is 0.728. The van der Waals surface area contributed by atoms with E-state index in [-0.39, 0.29) is 0 Å². The molecule has 0 amide bonds. The Balaban J connectivity index is 2.02. The van der Waals surface area contributed by atoms with Gasteiger partial charge in [0, 0.05) is 13.7 Å². The van der Waals surface area contributed by atoms with Crippen molar-refractivity contribution in [2.45, 2.75) is 19.4 Å². The summed E-state index contributed by atoms with van der Waals surface area (Å²) in [5, 5.41) is 22.6. The van der Waals surface area contributed by atoms with Gasteiger partial charge in [0.05, 0.1) is 29.3 Å². The summed E-state index contributed by atoms with van der Waals surface area (Å²) < 4.78 is 6.90. The number of aliphatic hydroxyl groups excluding tert-OH is 1. The summed E-state index contributed by atoms with van der Waals surface area (Å²) in [6.07, 6.45) is 0.0677. The van der Waals surface area contributed by atoms with Crippen molar-refractivity contribution in [3.63, 3.8) is 0 Å². The Hall–Kier alpha value is -2.62. The van der Waals surface area contributed by atoms with Crippen molar-refractivity contribution in [2.24, 2.45) is 0 Å². The van der Waals surface area contributed by atoms with Gasteiger partial charge in [-0.1, -0.05) is 12.1 Å². The van der Waals surface area contributed by atoms with E-state index in [0.717, 1.165) is 22.4 Å². The molecule has 1 atom stereocenters. The molecule has 0 saturated carbocycles. The first-order valence-corrected chi connectivity index (χ1v) is 7.87. The molecule has 3 aromatic rings. The highest BCUT2D eigenvalue weighted by atomic mass is 16.5. The van der Waals surface area contributed by atoms with Gasteiger partial charge in [-0.05, 0) is 37.1 Å². The monoisotopic (exact) mass is 324 g/mol. The maximum Gasteiger partial charge on any atom is 0.157 e. The van der Waals surface area contributed by atoms with E-state index in [1.165, 1.54) is 0 Å². The molecule has 24 heavy (non-hydrogen) atoms. The predicted molar refractivity (Wildman–Crippen MR) is 93.1 cm³/mol. The van der Waals surface area contributed by atoms with E-state index in [9.17, 15) is 10.4 Å². The molecule has 0 fully saturated rings. The molecule has 124 valence electrons. The lowest BCUT2D eigenvalue weighted by molar-refractivity contribution is 0.0615. The molecule has 1 aromatic carbocycles. The van der Waals surface area contributed by atoms with Gasteiger partial charge in [0.25, 0.3) is 0 Å². The predicted octanol–water partition coefficient (Wildman–Crippen LogP) is 2.48. The highest BCUT2D eigenvalue weighted by molar-refractivity contribution is 5.85. The SMILES string of the molecule is COCC(O)CCNc1cc(C)c(C#N)c2nc3ccccc3n12. The van der Waals surface area contributed by atoms with Crippen LogP contribution in [-0.2, 0) is 4.74 Å². The Morgan fingerprint density at radius 2 is 2.21 bits per heavy atom. The second-order valence-electron chi connectivity index (χ2n) is 5.78. The number of nitrogens with one attached hydrogen (secondary N) is 1. The first kappa shape index (κ1) is 16.2. The Bertz CT molecular complexity index is 911.